The van der Waals surface area contributed by atoms with Crippen molar-refractivity contribution in [1.29, 1.82) is 0 Å². The molecular weight excluding hydrogens is 422 g/mol. The van der Waals surface area contributed by atoms with Crippen LogP contribution in [0.5, 0.6) is 0 Å². The Morgan fingerprint density at radius 1 is 0.938 bits per heavy atom. The van der Waals surface area contributed by atoms with Gasteiger partial charge < -0.3 is 0 Å². The number of nitrogens with zero attached hydrogens (tertiary/aromatic N) is 3. The van der Waals surface area contributed by atoms with Gasteiger partial charge in [0.05, 0.1) is 21.2 Å². The van der Waals surface area contributed by atoms with E-state index in [1.165, 1.54) is 17.8 Å². The van der Waals surface area contributed by atoms with Crippen LogP contribution in [0.3, 0.4) is 0 Å². The molecule has 3 aromatic rings. The second-order valence-electron chi connectivity index (χ2n) is 7.62. The van der Waals surface area contributed by atoms with E-state index in [0.29, 0.717) is 21.2 Å². The molecule has 32 heavy (non-hydrogen) atoms. The molecule has 0 radical (unpaired) electrons. The fraction of sp³-hybridized carbons (Fsp3) is 0.120. The Balaban J connectivity index is 1.77. The first kappa shape index (κ1) is 21.5. The standard InChI is InChI=1S/C25H21N3O3S/c1-16-4-10-20(11-5-16)26-25-27(21-12-6-17(2)7-13-21)24(29)23(32-25)15-19-9-8-18(3)22(14-19)28(30)31/h4-15H,1-3H3/b23-15+,26-25?. The van der Waals surface area contributed by atoms with Crippen LogP contribution in [0.15, 0.2) is 76.6 Å². The molecule has 0 N–H and O–H groups in total. The average molecular weight is 444 g/mol. The zero-order valence-corrected chi connectivity index (χ0v) is 18.7. The number of hydrogen-bond donors (Lipinski definition) is 0. The number of amidine groups is 1. The number of nitro groups is 1. The molecule has 0 bridgehead atoms. The molecule has 0 unspecified atom stereocenters. The molecule has 1 heterocycles. The molecule has 1 fully saturated rings. The van der Waals surface area contributed by atoms with Gasteiger partial charge >= 0.3 is 0 Å². The van der Waals surface area contributed by atoms with Crippen LogP contribution in [0.25, 0.3) is 6.08 Å². The number of aryl methyl sites for hydroxylation is 3. The van der Waals surface area contributed by atoms with Crippen LogP contribution < -0.4 is 4.90 Å². The minimum Gasteiger partial charge on any atom is -0.268 e. The molecule has 1 aliphatic rings. The molecule has 0 atom stereocenters. The summed E-state index contributed by atoms with van der Waals surface area (Å²) < 4.78 is 0. The summed E-state index contributed by atoms with van der Waals surface area (Å²) in [6.07, 6.45) is 1.68. The molecule has 6 nitrogen and oxygen atoms in total. The Bertz CT molecular complexity index is 1260. The lowest BCUT2D eigenvalue weighted by atomic mass is 10.1. The van der Waals surface area contributed by atoms with E-state index in [0.717, 1.165) is 22.5 Å². The quantitative estimate of drug-likeness (QED) is 0.268. The summed E-state index contributed by atoms with van der Waals surface area (Å²) in [5.41, 5.74) is 4.88. The van der Waals surface area contributed by atoms with E-state index in [1.54, 1.807) is 30.0 Å². The van der Waals surface area contributed by atoms with Gasteiger partial charge in [0, 0.05) is 11.6 Å². The minimum atomic E-state index is -0.413. The summed E-state index contributed by atoms with van der Waals surface area (Å²) in [6, 6.07) is 20.4. The third kappa shape index (κ3) is 4.48. The highest BCUT2D eigenvalue weighted by atomic mass is 32.2. The van der Waals surface area contributed by atoms with Crippen LogP contribution in [0.2, 0.25) is 0 Å². The van der Waals surface area contributed by atoms with Crippen molar-refractivity contribution >= 4 is 46.0 Å². The van der Waals surface area contributed by atoms with E-state index < -0.39 is 4.92 Å². The molecular formula is C25H21N3O3S. The lowest BCUT2D eigenvalue weighted by molar-refractivity contribution is -0.385. The van der Waals surface area contributed by atoms with Gasteiger partial charge in [0.2, 0.25) is 0 Å². The van der Waals surface area contributed by atoms with Crippen molar-refractivity contribution in [3.8, 4) is 0 Å². The van der Waals surface area contributed by atoms with Crippen molar-refractivity contribution in [3.63, 3.8) is 0 Å². The van der Waals surface area contributed by atoms with E-state index in [2.05, 4.69) is 0 Å². The normalized spacial score (nSPS) is 16.2. The number of anilines is 1. The number of amides is 1. The average Bonchev–Trinajstić information content (AvgIpc) is 3.06. The maximum Gasteiger partial charge on any atom is 0.272 e. The van der Waals surface area contributed by atoms with E-state index in [1.807, 2.05) is 62.4 Å². The molecule has 0 spiro atoms. The van der Waals surface area contributed by atoms with Crippen molar-refractivity contribution < 1.29 is 9.72 Å². The van der Waals surface area contributed by atoms with Crippen molar-refractivity contribution in [1.82, 2.24) is 0 Å². The van der Waals surface area contributed by atoms with Crippen LogP contribution in [0.1, 0.15) is 22.3 Å². The fourth-order valence-electron chi connectivity index (χ4n) is 3.26. The Hall–Kier alpha value is -3.71. The van der Waals surface area contributed by atoms with E-state index in [9.17, 15) is 14.9 Å². The second-order valence-corrected chi connectivity index (χ2v) is 8.63. The first-order chi connectivity index (χ1) is 15.3. The topological polar surface area (TPSA) is 75.8 Å². The van der Waals surface area contributed by atoms with Crippen LogP contribution >= 0.6 is 11.8 Å². The number of carbonyl (C=O) groups excluding carboxylic acids is 1. The summed E-state index contributed by atoms with van der Waals surface area (Å²) in [5, 5.41) is 11.8. The van der Waals surface area contributed by atoms with Crippen molar-refractivity contribution in [3.05, 3.63) is 104 Å². The zero-order valence-electron chi connectivity index (χ0n) is 17.9. The van der Waals surface area contributed by atoms with Crippen molar-refractivity contribution in [2.24, 2.45) is 4.99 Å². The number of hydrogen-bond acceptors (Lipinski definition) is 5. The molecule has 0 aliphatic carbocycles. The molecule has 160 valence electrons. The smallest absolute Gasteiger partial charge is 0.268 e. The Morgan fingerprint density at radius 3 is 2.19 bits per heavy atom. The summed E-state index contributed by atoms with van der Waals surface area (Å²) in [7, 11) is 0. The molecule has 1 saturated heterocycles. The van der Waals surface area contributed by atoms with Gasteiger partial charge in [-0.15, -0.1) is 0 Å². The Morgan fingerprint density at radius 2 is 1.56 bits per heavy atom. The third-order valence-electron chi connectivity index (χ3n) is 5.08. The summed E-state index contributed by atoms with van der Waals surface area (Å²) in [4.78, 5) is 31.0. The van der Waals surface area contributed by atoms with E-state index >= 15 is 0 Å². The second kappa shape index (κ2) is 8.80. The molecule has 4 rings (SSSR count). The lowest BCUT2D eigenvalue weighted by Gasteiger charge is -2.16. The van der Waals surface area contributed by atoms with Gasteiger partial charge in [-0.1, -0.05) is 47.5 Å². The van der Waals surface area contributed by atoms with Gasteiger partial charge in [-0.05, 0) is 68.4 Å². The molecule has 1 aliphatic heterocycles. The number of rotatable bonds is 4. The Kier molecular flexibility index (Phi) is 5.92. The molecule has 7 heteroatoms. The van der Waals surface area contributed by atoms with Crippen LogP contribution in [0.4, 0.5) is 17.1 Å². The molecule has 0 saturated carbocycles. The van der Waals surface area contributed by atoms with Gasteiger partial charge in [-0.3, -0.25) is 19.8 Å². The predicted octanol–water partition coefficient (Wildman–Crippen LogP) is 6.33. The summed E-state index contributed by atoms with van der Waals surface area (Å²) in [5.74, 6) is -0.215. The van der Waals surface area contributed by atoms with Crippen molar-refractivity contribution in [2.75, 3.05) is 4.90 Å². The first-order valence-electron chi connectivity index (χ1n) is 10.0. The van der Waals surface area contributed by atoms with Gasteiger partial charge in [0.15, 0.2) is 5.17 Å². The first-order valence-corrected chi connectivity index (χ1v) is 10.8. The summed E-state index contributed by atoms with van der Waals surface area (Å²) in [6.45, 7) is 5.68. The number of carbonyl (C=O) groups is 1. The summed E-state index contributed by atoms with van der Waals surface area (Å²) >= 11 is 1.26. The number of nitro benzene ring substituents is 1. The van der Waals surface area contributed by atoms with Gasteiger partial charge in [0.25, 0.3) is 11.6 Å². The van der Waals surface area contributed by atoms with Crippen molar-refractivity contribution in [2.45, 2.75) is 20.8 Å². The maximum atomic E-state index is 13.4. The predicted molar refractivity (Wildman–Crippen MR) is 130 cm³/mol. The monoisotopic (exact) mass is 443 g/mol. The molecule has 0 aromatic heterocycles. The number of benzene rings is 3. The van der Waals surface area contributed by atoms with Crippen LogP contribution in [0, 0.1) is 30.9 Å². The van der Waals surface area contributed by atoms with Crippen LogP contribution in [-0.4, -0.2) is 16.0 Å². The van der Waals surface area contributed by atoms with Gasteiger partial charge in [-0.2, -0.15) is 0 Å². The highest BCUT2D eigenvalue weighted by Crippen LogP contribution is 2.37. The Labute approximate surface area is 190 Å². The number of thioether (sulfide) groups is 1. The molecule has 3 aromatic carbocycles. The highest BCUT2D eigenvalue weighted by molar-refractivity contribution is 8.19. The highest BCUT2D eigenvalue weighted by Gasteiger charge is 2.34. The van der Waals surface area contributed by atoms with Gasteiger partial charge in [-0.25, -0.2) is 4.99 Å². The molecule has 1 amide bonds. The third-order valence-corrected chi connectivity index (χ3v) is 6.05. The van der Waals surface area contributed by atoms with Crippen LogP contribution in [-0.2, 0) is 4.79 Å². The van der Waals surface area contributed by atoms with E-state index in [4.69, 9.17) is 4.99 Å². The number of aliphatic imine (C=N–C) groups is 1. The lowest BCUT2D eigenvalue weighted by Crippen LogP contribution is -2.28. The minimum absolute atomic E-state index is 0.0266. The zero-order chi connectivity index (χ0) is 22.8. The SMILES string of the molecule is Cc1ccc(N=C2S/C(=C/c3ccc(C)c([N+](=O)[O-])c3)C(=O)N2c2ccc(C)cc2)cc1. The van der Waals surface area contributed by atoms with Gasteiger partial charge in [0.1, 0.15) is 0 Å². The largest absolute Gasteiger partial charge is 0.272 e. The maximum absolute atomic E-state index is 13.4. The van der Waals surface area contributed by atoms with E-state index in [-0.39, 0.29) is 11.6 Å². The fourth-order valence-corrected chi connectivity index (χ4v) is 4.27.